The quantitative estimate of drug-likeness (QED) is 0.0675. The van der Waals surface area contributed by atoms with Crippen LogP contribution in [0.3, 0.4) is 0 Å². The zero-order valence-corrected chi connectivity index (χ0v) is 13.9. The van der Waals surface area contributed by atoms with Gasteiger partial charge in [0.15, 0.2) is 0 Å². The summed E-state index contributed by atoms with van der Waals surface area (Å²) in [5.74, 6) is 0. The van der Waals surface area contributed by atoms with Crippen LogP contribution in [0.15, 0.2) is 0 Å². The maximum atomic E-state index is 9.88. The third-order valence-corrected chi connectivity index (χ3v) is 1.67. The molecule has 0 heterocycles. The van der Waals surface area contributed by atoms with Crippen molar-refractivity contribution in [3.8, 4) is 0 Å². The number of rotatable bonds is 8. The largest absolute Gasteiger partial charge is 1.00 e. The van der Waals surface area contributed by atoms with Crippen molar-refractivity contribution in [2.24, 2.45) is 0 Å². The third-order valence-electron chi connectivity index (χ3n) is 0.772. The Morgan fingerprint density at radius 2 is 1.93 bits per heavy atom. The molecule has 0 rings (SSSR count). The van der Waals surface area contributed by atoms with E-state index in [4.69, 9.17) is 0 Å². The van der Waals surface area contributed by atoms with Gasteiger partial charge in [-0.15, -0.1) is 0 Å². The molecule has 0 aliphatic heterocycles. The SMILES string of the molecule is O=S(=O)([O-])OCCCNSOO[O-].[Na+].[Na+]. The van der Waals surface area contributed by atoms with E-state index in [1.165, 1.54) is 0 Å². The van der Waals surface area contributed by atoms with E-state index in [9.17, 15) is 18.2 Å². The van der Waals surface area contributed by atoms with Crippen LogP contribution in [-0.4, -0.2) is 26.1 Å². The smallest absolute Gasteiger partial charge is 0.726 e. The fraction of sp³-hybridized carbons (Fsp3) is 1.00. The zero-order valence-electron chi connectivity index (χ0n) is 8.30. The molecular weight excluding hydrogens is 272 g/mol. The molecule has 0 unspecified atom stereocenters. The first-order valence-electron chi connectivity index (χ1n) is 3.01. The summed E-state index contributed by atoms with van der Waals surface area (Å²) < 4.78 is 39.8. The molecule has 0 aromatic carbocycles. The molecule has 0 bridgehead atoms. The van der Waals surface area contributed by atoms with Crippen LogP contribution in [0.5, 0.6) is 0 Å². The molecule has 15 heavy (non-hydrogen) atoms. The van der Waals surface area contributed by atoms with E-state index in [1.807, 2.05) is 0 Å². The second-order valence-corrected chi connectivity index (χ2v) is 3.34. The molecule has 0 aliphatic rings. The Hall–Kier alpha value is 2.06. The number of hydrogen-bond acceptors (Lipinski definition) is 9. The average Bonchev–Trinajstić information content (AvgIpc) is 2.01. The van der Waals surface area contributed by atoms with Gasteiger partial charge in [0.05, 0.1) is 6.61 Å². The summed E-state index contributed by atoms with van der Waals surface area (Å²) in [6, 6.07) is 0. The molecule has 0 amide bonds. The van der Waals surface area contributed by atoms with Crippen LogP contribution in [0, 0.1) is 0 Å². The normalized spacial score (nSPS) is 10.3. The fourth-order valence-corrected chi connectivity index (χ4v) is 1.01. The maximum Gasteiger partial charge on any atom is 1.00 e. The molecule has 8 nitrogen and oxygen atoms in total. The zero-order chi connectivity index (χ0) is 10.2. The van der Waals surface area contributed by atoms with Gasteiger partial charge in [-0.25, -0.2) is 13.1 Å². The molecule has 0 aromatic rings. The molecule has 80 valence electrons. The van der Waals surface area contributed by atoms with Gasteiger partial charge in [0.2, 0.25) is 10.4 Å². The van der Waals surface area contributed by atoms with Crippen LogP contribution >= 0.6 is 12.2 Å². The van der Waals surface area contributed by atoms with Gasteiger partial charge in [-0.2, -0.15) is 4.33 Å². The standard InChI is InChI=1S/C3H9NO7S2.2Na/c5-10-11-12-4-2-1-3-9-13(6,7)8;;/h4-5H,1-3H2,(H,6,7,8);;/q;2*+1/p-2. The second kappa shape index (κ2) is 14.1. The van der Waals surface area contributed by atoms with Gasteiger partial charge in [-0.3, -0.25) is 9.22 Å². The minimum atomic E-state index is -4.61. The Labute approximate surface area is 136 Å². The van der Waals surface area contributed by atoms with Gasteiger partial charge in [-0.05, 0) is 6.42 Å². The van der Waals surface area contributed by atoms with Gasteiger partial charge < -0.3 is 9.81 Å². The summed E-state index contributed by atoms with van der Waals surface area (Å²) in [5, 5.41) is 12.2. The van der Waals surface area contributed by atoms with E-state index in [0.29, 0.717) is 18.8 Å². The Kier molecular flexibility index (Phi) is 21.0. The monoisotopic (exact) mass is 279 g/mol. The van der Waals surface area contributed by atoms with Crippen molar-refractivity contribution in [1.29, 1.82) is 0 Å². The molecule has 0 saturated heterocycles. The van der Waals surface area contributed by atoms with Crippen LogP contribution < -0.4 is 69.1 Å². The summed E-state index contributed by atoms with van der Waals surface area (Å²) in [5.41, 5.74) is 0. The van der Waals surface area contributed by atoms with Crippen molar-refractivity contribution < 1.29 is 90.9 Å². The summed E-state index contributed by atoms with van der Waals surface area (Å²) in [6.45, 7) is 0.0706. The molecule has 0 radical (unpaired) electrons. The van der Waals surface area contributed by atoms with E-state index in [2.05, 4.69) is 18.3 Å². The molecule has 1 N–H and O–H groups in total. The van der Waals surface area contributed by atoms with Crippen molar-refractivity contribution >= 4 is 22.6 Å². The van der Waals surface area contributed by atoms with Crippen LogP contribution in [-0.2, 0) is 24.0 Å². The minimum absolute atomic E-state index is 0. The van der Waals surface area contributed by atoms with Gasteiger partial charge in [0, 0.05) is 6.54 Å². The van der Waals surface area contributed by atoms with Crippen molar-refractivity contribution in [1.82, 2.24) is 4.72 Å². The third kappa shape index (κ3) is 21.8. The Bertz CT molecular complexity index is 212. The summed E-state index contributed by atoms with van der Waals surface area (Å²) in [4.78, 5) is 0. The van der Waals surface area contributed by atoms with Crippen LogP contribution in [0.4, 0.5) is 0 Å². The van der Waals surface area contributed by atoms with Gasteiger partial charge >= 0.3 is 59.1 Å². The summed E-state index contributed by atoms with van der Waals surface area (Å²) in [7, 11) is -4.61. The predicted octanol–water partition coefficient (Wildman–Crippen LogP) is -7.76. The van der Waals surface area contributed by atoms with E-state index < -0.39 is 10.4 Å². The van der Waals surface area contributed by atoms with Crippen LogP contribution in [0.25, 0.3) is 0 Å². The molecule has 0 fully saturated rings. The predicted molar refractivity (Wildman–Crippen MR) is 38.0 cm³/mol. The molecular formula is C3H7NNa2O7S2. The fourth-order valence-electron chi connectivity index (χ4n) is 0.385. The Morgan fingerprint density at radius 1 is 1.33 bits per heavy atom. The average molecular weight is 279 g/mol. The minimum Gasteiger partial charge on any atom is -0.726 e. The Balaban J connectivity index is -0.000000720. The van der Waals surface area contributed by atoms with Crippen LogP contribution in [0.1, 0.15) is 6.42 Å². The van der Waals surface area contributed by atoms with Gasteiger partial charge in [0.25, 0.3) is 0 Å². The van der Waals surface area contributed by atoms with E-state index in [0.717, 1.165) is 0 Å². The number of hydrogen-bond donors (Lipinski definition) is 1. The summed E-state index contributed by atoms with van der Waals surface area (Å²) in [6.07, 6.45) is 0.274. The molecule has 0 saturated carbocycles. The molecule has 12 heteroatoms. The first-order valence-corrected chi connectivity index (χ1v) is 5.09. The first-order chi connectivity index (χ1) is 6.06. The molecule has 0 atom stereocenters. The van der Waals surface area contributed by atoms with Crippen LogP contribution in [0.2, 0.25) is 0 Å². The van der Waals surface area contributed by atoms with Gasteiger partial charge in [-0.1, -0.05) is 0 Å². The van der Waals surface area contributed by atoms with Crippen molar-refractivity contribution in [3.05, 3.63) is 0 Å². The van der Waals surface area contributed by atoms with Crippen molar-refractivity contribution in [2.75, 3.05) is 13.2 Å². The van der Waals surface area contributed by atoms with Crippen molar-refractivity contribution in [3.63, 3.8) is 0 Å². The topological polar surface area (TPSA) is 120 Å². The molecule has 0 aromatic heterocycles. The van der Waals surface area contributed by atoms with E-state index in [1.54, 1.807) is 0 Å². The molecule has 0 spiro atoms. The van der Waals surface area contributed by atoms with E-state index >= 15 is 0 Å². The van der Waals surface area contributed by atoms with E-state index in [-0.39, 0.29) is 72.1 Å². The summed E-state index contributed by atoms with van der Waals surface area (Å²) >= 11 is 0.543. The molecule has 0 aliphatic carbocycles. The Morgan fingerprint density at radius 3 is 2.40 bits per heavy atom. The number of nitrogens with one attached hydrogen (secondary N) is 1. The van der Waals surface area contributed by atoms with Crippen molar-refractivity contribution in [2.45, 2.75) is 6.42 Å². The van der Waals surface area contributed by atoms with Gasteiger partial charge in [0.1, 0.15) is 12.2 Å². The second-order valence-electron chi connectivity index (χ2n) is 1.70. The maximum absolute atomic E-state index is 9.88. The first kappa shape index (κ1) is 22.3.